The summed E-state index contributed by atoms with van der Waals surface area (Å²) >= 11 is 0. The summed E-state index contributed by atoms with van der Waals surface area (Å²) in [6.07, 6.45) is 1.04. The number of nitrogens with zero attached hydrogens (tertiary/aromatic N) is 2. The van der Waals surface area contributed by atoms with Crippen LogP contribution in [0.5, 0.6) is 0 Å². The van der Waals surface area contributed by atoms with E-state index >= 15 is 0 Å². The second-order valence-electron chi connectivity index (χ2n) is 6.27. The summed E-state index contributed by atoms with van der Waals surface area (Å²) < 4.78 is 38.9. The van der Waals surface area contributed by atoms with Crippen molar-refractivity contribution in [1.82, 2.24) is 4.31 Å². The summed E-state index contributed by atoms with van der Waals surface area (Å²) in [5.74, 6) is -1.22. The molecule has 0 radical (unpaired) electrons. The molecule has 2 aromatic carbocycles. The van der Waals surface area contributed by atoms with Gasteiger partial charge in [0.15, 0.2) is 0 Å². The van der Waals surface area contributed by atoms with Crippen molar-refractivity contribution in [2.45, 2.75) is 24.2 Å². The van der Waals surface area contributed by atoms with Crippen molar-refractivity contribution in [2.24, 2.45) is 0 Å². The molecule has 8 heteroatoms. The van der Waals surface area contributed by atoms with E-state index in [0.717, 1.165) is 30.7 Å². The maximum absolute atomic E-state index is 13.0. The van der Waals surface area contributed by atoms with Gasteiger partial charge in [0, 0.05) is 25.7 Å². The lowest BCUT2D eigenvalue weighted by Crippen LogP contribution is -2.35. The Labute approximate surface area is 157 Å². The Bertz CT molecular complexity index is 973. The summed E-state index contributed by atoms with van der Waals surface area (Å²) in [6.45, 7) is 0.577. The lowest BCUT2D eigenvalue weighted by Gasteiger charge is -2.22. The summed E-state index contributed by atoms with van der Waals surface area (Å²) in [4.78, 5) is 26.1. The Morgan fingerprint density at radius 2 is 1.81 bits per heavy atom. The second-order valence-corrected chi connectivity index (χ2v) is 8.24. The molecule has 1 aliphatic heterocycles. The van der Waals surface area contributed by atoms with Crippen LogP contribution in [0.1, 0.15) is 18.4 Å². The fraction of sp³-hybridized carbons (Fsp3) is 0.263. The molecule has 3 rings (SSSR count). The van der Waals surface area contributed by atoms with E-state index in [1.807, 2.05) is 0 Å². The molecule has 2 aromatic rings. The molecule has 1 fully saturated rings. The molecule has 6 nitrogen and oxygen atoms in total. The summed E-state index contributed by atoms with van der Waals surface area (Å²) in [5.41, 5.74) is 1.21. The van der Waals surface area contributed by atoms with Crippen LogP contribution in [0.15, 0.2) is 53.4 Å². The normalized spacial score (nSPS) is 14.4. The van der Waals surface area contributed by atoms with Crippen LogP contribution in [0.4, 0.5) is 10.1 Å². The standard InChI is InChI=1S/C19H19FN2O4S/c1-21(27(25,26)16-10-8-15(20)9-11-16)19(24)13-14-5-2-3-6-17(14)22-12-4-7-18(22)23/h2-3,5-6,8-11H,4,7,12-13H2,1H3. The third-order valence-electron chi connectivity index (χ3n) is 4.52. The SMILES string of the molecule is CN(C(=O)Cc1ccccc1N1CCCC1=O)S(=O)(=O)c1ccc(F)cc1. The maximum Gasteiger partial charge on any atom is 0.266 e. The van der Waals surface area contributed by atoms with Crippen LogP contribution < -0.4 is 4.90 Å². The molecule has 0 spiro atoms. The van der Waals surface area contributed by atoms with Crippen LogP contribution in [0.2, 0.25) is 0 Å². The smallest absolute Gasteiger partial charge is 0.266 e. The van der Waals surface area contributed by atoms with E-state index in [-0.39, 0.29) is 17.2 Å². The van der Waals surface area contributed by atoms with Gasteiger partial charge < -0.3 is 4.90 Å². The molecular formula is C19H19FN2O4S. The van der Waals surface area contributed by atoms with E-state index in [1.54, 1.807) is 29.2 Å². The third-order valence-corrected chi connectivity index (χ3v) is 6.31. The number of anilines is 1. The fourth-order valence-corrected chi connectivity index (χ4v) is 4.13. The van der Waals surface area contributed by atoms with E-state index in [4.69, 9.17) is 0 Å². The lowest BCUT2D eigenvalue weighted by atomic mass is 10.1. The van der Waals surface area contributed by atoms with Gasteiger partial charge >= 0.3 is 0 Å². The highest BCUT2D eigenvalue weighted by Gasteiger charge is 2.28. The zero-order valence-electron chi connectivity index (χ0n) is 14.8. The van der Waals surface area contributed by atoms with Crippen molar-refractivity contribution in [1.29, 1.82) is 0 Å². The molecule has 0 aliphatic carbocycles. The van der Waals surface area contributed by atoms with Gasteiger partial charge in [-0.25, -0.2) is 17.1 Å². The van der Waals surface area contributed by atoms with Gasteiger partial charge in [-0.1, -0.05) is 18.2 Å². The average Bonchev–Trinajstić information content (AvgIpc) is 3.07. The van der Waals surface area contributed by atoms with Gasteiger partial charge in [-0.3, -0.25) is 9.59 Å². The minimum atomic E-state index is -4.08. The highest BCUT2D eigenvalue weighted by molar-refractivity contribution is 7.89. The van der Waals surface area contributed by atoms with Crippen molar-refractivity contribution < 1.29 is 22.4 Å². The Morgan fingerprint density at radius 3 is 2.44 bits per heavy atom. The molecule has 27 heavy (non-hydrogen) atoms. The van der Waals surface area contributed by atoms with E-state index in [2.05, 4.69) is 0 Å². The number of carbonyl (C=O) groups excluding carboxylic acids is 2. The van der Waals surface area contributed by atoms with Gasteiger partial charge in [0.2, 0.25) is 11.8 Å². The van der Waals surface area contributed by atoms with Crippen molar-refractivity contribution in [3.63, 3.8) is 0 Å². The maximum atomic E-state index is 13.0. The van der Waals surface area contributed by atoms with Gasteiger partial charge in [-0.15, -0.1) is 0 Å². The van der Waals surface area contributed by atoms with Crippen molar-refractivity contribution in [2.75, 3.05) is 18.5 Å². The van der Waals surface area contributed by atoms with Crippen LogP contribution in [0, 0.1) is 5.82 Å². The molecule has 0 bridgehead atoms. The highest BCUT2D eigenvalue weighted by Crippen LogP contribution is 2.26. The van der Waals surface area contributed by atoms with Gasteiger partial charge in [-0.2, -0.15) is 0 Å². The molecule has 0 aromatic heterocycles. The molecule has 0 saturated carbocycles. The number of halogens is 1. The second kappa shape index (κ2) is 7.48. The fourth-order valence-electron chi connectivity index (χ4n) is 3.00. The molecule has 1 aliphatic rings. The number of rotatable bonds is 5. The van der Waals surface area contributed by atoms with Crippen LogP contribution in [0.25, 0.3) is 0 Å². The number of para-hydroxylation sites is 1. The number of hydrogen-bond acceptors (Lipinski definition) is 4. The van der Waals surface area contributed by atoms with Crippen LogP contribution in [0.3, 0.4) is 0 Å². The molecule has 0 unspecified atom stereocenters. The first-order chi connectivity index (χ1) is 12.8. The molecule has 2 amide bonds. The number of amides is 2. The Morgan fingerprint density at radius 1 is 1.15 bits per heavy atom. The van der Waals surface area contributed by atoms with Crippen molar-refractivity contribution in [3.8, 4) is 0 Å². The summed E-state index contributed by atoms with van der Waals surface area (Å²) in [5, 5.41) is 0. The Kier molecular flexibility index (Phi) is 5.27. The highest BCUT2D eigenvalue weighted by atomic mass is 32.2. The third kappa shape index (κ3) is 3.85. The van der Waals surface area contributed by atoms with Crippen molar-refractivity contribution >= 4 is 27.5 Å². The zero-order chi connectivity index (χ0) is 19.6. The van der Waals surface area contributed by atoms with E-state index in [1.165, 1.54) is 7.05 Å². The molecule has 0 atom stereocenters. The predicted octanol–water partition coefficient (Wildman–Crippen LogP) is 2.34. The lowest BCUT2D eigenvalue weighted by molar-refractivity contribution is -0.125. The Hall–Kier alpha value is -2.74. The van der Waals surface area contributed by atoms with E-state index in [0.29, 0.717) is 28.5 Å². The first-order valence-electron chi connectivity index (χ1n) is 8.46. The minimum absolute atomic E-state index is 0.0119. The summed E-state index contributed by atoms with van der Waals surface area (Å²) in [7, 11) is -2.91. The van der Waals surface area contributed by atoms with Crippen LogP contribution >= 0.6 is 0 Å². The average molecular weight is 390 g/mol. The van der Waals surface area contributed by atoms with Crippen molar-refractivity contribution in [3.05, 3.63) is 59.9 Å². The topological polar surface area (TPSA) is 74.8 Å². The molecule has 142 valence electrons. The van der Waals surface area contributed by atoms with Gasteiger partial charge in [-0.05, 0) is 42.3 Å². The zero-order valence-corrected chi connectivity index (χ0v) is 15.6. The number of carbonyl (C=O) groups is 2. The Balaban J connectivity index is 1.83. The largest absolute Gasteiger partial charge is 0.312 e. The molecule has 0 N–H and O–H groups in total. The quantitative estimate of drug-likeness (QED) is 0.785. The number of benzene rings is 2. The predicted molar refractivity (Wildman–Crippen MR) is 98.1 cm³/mol. The van der Waals surface area contributed by atoms with Crippen LogP contribution in [-0.2, 0) is 26.0 Å². The first kappa shape index (κ1) is 19.0. The number of likely N-dealkylation sites (N-methyl/N-ethyl adjacent to an activating group) is 1. The number of sulfonamides is 1. The van der Waals surface area contributed by atoms with Gasteiger partial charge in [0.05, 0.1) is 11.3 Å². The van der Waals surface area contributed by atoms with E-state index in [9.17, 15) is 22.4 Å². The van der Waals surface area contributed by atoms with Gasteiger partial charge in [0.1, 0.15) is 5.82 Å². The molecule has 1 saturated heterocycles. The molecular weight excluding hydrogens is 371 g/mol. The minimum Gasteiger partial charge on any atom is -0.312 e. The van der Waals surface area contributed by atoms with Crippen LogP contribution in [-0.4, -0.2) is 38.1 Å². The summed E-state index contributed by atoms with van der Waals surface area (Å²) in [6, 6.07) is 11.3. The molecule has 1 heterocycles. The van der Waals surface area contributed by atoms with E-state index < -0.39 is 21.7 Å². The monoisotopic (exact) mass is 390 g/mol. The van der Waals surface area contributed by atoms with Gasteiger partial charge in [0.25, 0.3) is 10.0 Å². The first-order valence-corrected chi connectivity index (χ1v) is 9.90. The number of hydrogen-bond donors (Lipinski definition) is 0.